The zero-order valence-corrected chi connectivity index (χ0v) is 13.7. The third-order valence-corrected chi connectivity index (χ3v) is 4.75. The Bertz CT molecular complexity index is 421. The largest absolute Gasteiger partial charge is 0.490 e. The molecule has 1 aromatic rings. The monoisotopic (exact) mass is 325 g/mol. The number of halogens is 1. The van der Waals surface area contributed by atoms with Gasteiger partial charge in [0.25, 0.3) is 0 Å². The van der Waals surface area contributed by atoms with Crippen LogP contribution < -0.4 is 10.1 Å². The molecule has 2 rings (SSSR count). The van der Waals surface area contributed by atoms with E-state index in [9.17, 15) is 0 Å². The summed E-state index contributed by atoms with van der Waals surface area (Å²) in [6, 6.07) is 6.68. The molecular formula is C16H24BrNO. The number of rotatable bonds is 4. The van der Waals surface area contributed by atoms with Crippen molar-refractivity contribution in [3.8, 4) is 5.75 Å². The highest BCUT2D eigenvalue weighted by Crippen LogP contribution is 2.31. The quantitative estimate of drug-likeness (QED) is 0.867. The Morgan fingerprint density at radius 1 is 1.37 bits per heavy atom. The Morgan fingerprint density at radius 3 is 2.79 bits per heavy atom. The van der Waals surface area contributed by atoms with Crippen molar-refractivity contribution in [3.05, 3.63) is 28.2 Å². The Balaban J connectivity index is 2.03. The maximum Gasteiger partial charge on any atom is 0.120 e. The molecule has 0 spiro atoms. The summed E-state index contributed by atoms with van der Waals surface area (Å²) in [5, 5.41) is 3.26. The van der Waals surface area contributed by atoms with Gasteiger partial charge in [0.2, 0.25) is 0 Å². The average Bonchev–Trinajstić information content (AvgIpc) is 2.38. The van der Waals surface area contributed by atoms with Gasteiger partial charge >= 0.3 is 0 Å². The number of hydrogen-bond donors (Lipinski definition) is 1. The van der Waals surface area contributed by atoms with E-state index in [0.29, 0.717) is 12.1 Å². The van der Waals surface area contributed by atoms with Crippen molar-refractivity contribution in [1.29, 1.82) is 0 Å². The van der Waals surface area contributed by atoms with Gasteiger partial charge in [0, 0.05) is 10.5 Å². The van der Waals surface area contributed by atoms with E-state index in [2.05, 4.69) is 53.3 Å². The van der Waals surface area contributed by atoms with Gasteiger partial charge in [0.1, 0.15) is 5.75 Å². The van der Waals surface area contributed by atoms with E-state index in [1.54, 1.807) is 0 Å². The minimum absolute atomic E-state index is 0.345. The van der Waals surface area contributed by atoms with E-state index >= 15 is 0 Å². The summed E-state index contributed by atoms with van der Waals surface area (Å²) in [7, 11) is 1.98. The maximum absolute atomic E-state index is 6.12. The number of ether oxygens (including phenoxy) is 1. The first-order valence-electron chi connectivity index (χ1n) is 7.23. The van der Waals surface area contributed by atoms with Crippen molar-refractivity contribution in [1.82, 2.24) is 5.32 Å². The molecule has 0 radical (unpaired) electrons. The Morgan fingerprint density at radius 2 is 2.16 bits per heavy atom. The van der Waals surface area contributed by atoms with Crippen LogP contribution in [-0.4, -0.2) is 13.2 Å². The summed E-state index contributed by atoms with van der Waals surface area (Å²) in [6.07, 6.45) is 5.41. The average molecular weight is 326 g/mol. The zero-order valence-electron chi connectivity index (χ0n) is 12.1. The van der Waals surface area contributed by atoms with Crippen LogP contribution >= 0.6 is 15.9 Å². The van der Waals surface area contributed by atoms with Crippen molar-refractivity contribution >= 4 is 15.9 Å². The first-order valence-corrected chi connectivity index (χ1v) is 8.02. The lowest BCUT2D eigenvalue weighted by atomic mass is 9.89. The molecule has 0 amide bonds. The minimum Gasteiger partial charge on any atom is -0.490 e. The molecule has 1 aliphatic rings. The molecule has 0 aliphatic heterocycles. The number of benzene rings is 1. The second-order valence-electron chi connectivity index (χ2n) is 5.71. The van der Waals surface area contributed by atoms with Gasteiger partial charge in [0.15, 0.2) is 0 Å². The molecular weight excluding hydrogens is 302 g/mol. The van der Waals surface area contributed by atoms with Crippen molar-refractivity contribution in [2.24, 2.45) is 5.92 Å². The van der Waals surface area contributed by atoms with Gasteiger partial charge in [-0.3, -0.25) is 0 Å². The molecule has 0 bridgehead atoms. The van der Waals surface area contributed by atoms with Crippen LogP contribution in [0.3, 0.4) is 0 Å². The molecule has 1 aliphatic carbocycles. The Kier molecular flexibility index (Phi) is 5.28. The zero-order chi connectivity index (χ0) is 13.8. The van der Waals surface area contributed by atoms with Gasteiger partial charge in [-0.1, -0.05) is 35.3 Å². The first-order chi connectivity index (χ1) is 9.10. The molecule has 0 aromatic heterocycles. The van der Waals surface area contributed by atoms with Gasteiger partial charge in [-0.15, -0.1) is 0 Å². The summed E-state index contributed by atoms with van der Waals surface area (Å²) in [4.78, 5) is 0. The lowest BCUT2D eigenvalue weighted by Crippen LogP contribution is -2.24. The normalized spacial score (nSPS) is 25.1. The van der Waals surface area contributed by atoms with Crippen LogP contribution in [0.5, 0.6) is 5.75 Å². The van der Waals surface area contributed by atoms with Crippen LogP contribution in [0.25, 0.3) is 0 Å². The van der Waals surface area contributed by atoms with E-state index < -0.39 is 0 Å². The van der Waals surface area contributed by atoms with Crippen LogP contribution in [0, 0.1) is 5.92 Å². The van der Waals surface area contributed by atoms with E-state index in [-0.39, 0.29) is 0 Å². The molecule has 0 saturated heterocycles. The highest BCUT2D eigenvalue weighted by molar-refractivity contribution is 9.10. The molecule has 3 unspecified atom stereocenters. The molecule has 3 atom stereocenters. The minimum atomic E-state index is 0.345. The molecule has 2 nitrogen and oxygen atoms in total. The predicted molar refractivity (Wildman–Crippen MR) is 83.7 cm³/mol. The third kappa shape index (κ3) is 3.96. The first kappa shape index (κ1) is 14.9. The standard InChI is InChI=1S/C16H24BrNO/c1-11-5-4-6-13(9-11)19-14-7-8-15(12(2)18-3)16(17)10-14/h7-8,10-13,18H,4-6,9H2,1-3H3. The van der Waals surface area contributed by atoms with E-state index in [1.165, 1.54) is 31.2 Å². The van der Waals surface area contributed by atoms with Gasteiger partial charge in [-0.2, -0.15) is 0 Å². The van der Waals surface area contributed by atoms with Crippen LogP contribution in [-0.2, 0) is 0 Å². The molecule has 19 heavy (non-hydrogen) atoms. The fraction of sp³-hybridized carbons (Fsp3) is 0.625. The molecule has 1 saturated carbocycles. The second kappa shape index (κ2) is 6.76. The second-order valence-corrected chi connectivity index (χ2v) is 6.56. The van der Waals surface area contributed by atoms with Gasteiger partial charge in [-0.25, -0.2) is 0 Å². The SMILES string of the molecule is CNC(C)c1ccc(OC2CCCC(C)C2)cc1Br. The number of nitrogens with one attached hydrogen (secondary N) is 1. The lowest BCUT2D eigenvalue weighted by molar-refractivity contribution is 0.129. The number of hydrogen-bond acceptors (Lipinski definition) is 2. The fourth-order valence-corrected chi connectivity index (χ4v) is 3.47. The summed E-state index contributed by atoms with van der Waals surface area (Å²) in [6.45, 7) is 4.48. The van der Waals surface area contributed by atoms with Crippen molar-refractivity contribution < 1.29 is 4.74 Å². The van der Waals surface area contributed by atoms with Crippen molar-refractivity contribution in [2.75, 3.05) is 7.05 Å². The van der Waals surface area contributed by atoms with Gasteiger partial charge in [-0.05, 0) is 56.8 Å². The van der Waals surface area contributed by atoms with Crippen LogP contribution in [0.4, 0.5) is 0 Å². The van der Waals surface area contributed by atoms with Crippen LogP contribution in [0.2, 0.25) is 0 Å². The van der Waals surface area contributed by atoms with E-state index in [1.807, 2.05) is 7.05 Å². The smallest absolute Gasteiger partial charge is 0.120 e. The summed E-state index contributed by atoms with van der Waals surface area (Å²) in [5.41, 5.74) is 1.27. The summed E-state index contributed by atoms with van der Waals surface area (Å²) < 4.78 is 7.25. The molecule has 106 valence electrons. The maximum atomic E-state index is 6.12. The molecule has 3 heteroatoms. The Labute approximate surface area is 125 Å². The van der Waals surface area contributed by atoms with Gasteiger partial charge in [0.05, 0.1) is 6.10 Å². The lowest BCUT2D eigenvalue weighted by Gasteiger charge is -2.27. The van der Waals surface area contributed by atoms with Gasteiger partial charge < -0.3 is 10.1 Å². The fourth-order valence-electron chi connectivity index (χ4n) is 2.77. The Hall–Kier alpha value is -0.540. The molecule has 1 fully saturated rings. The van der Waals surface area contributed by atoms with Crippen LogP contribution in [0.1, 0.15) is 51.1 Å². The predicted octanol–water partition coefficient (Wildman–Crippen LogP) is 4.69. The van der Waals surface area contributed by atoms with E-state index in [0.717, 1.165) is 16.1 Å². The van der Waals surface area contributed by atoms with E-state index in [4.69, 9.17) is 4.74 Å². The summed E-state index contributed by atoms with van der Waals surface area (Å²) >= 11 is 3.65. The highest BCUT2D eigenvalue weighted by atomic mass is 79.9. The topological polar surface area (TPSA) is 21.3 Å². The van der Waals surface area contributed by atoms with Crippen molar-refractivity contribution in [2.45, 2.75) is 51.7 Å². The molecule has 1 N–H and O–H groups in total. The van der Waals surface area contributed by atoms with Crippen molar-refractivity contribution in [3.63, 3.8) is 0 Å². The highest BCUT2D eigenvalue weighted by Gasteiger charge is 2.20. The van der Waals surface area contributed by atoms with Crippen LogP contribution in [0.15, 0.2) is 22.7 Å². The third-order valence-electron chi connectivity index (χ3n) is 4.06. The summed E-state index contributed by atoms with van der Waals surface area (Å²) in [5.74, 6) is 1.78. The molecule has 1 aromatic carbocycles. The molecule has 0 heterocycles.